The number of benzene rings is 1. The van der Waals surface area contributed by atoms with E-state index in [4.69, 9.17) is 15.3 Å². The summed E-state index contributed by atoms with van der Waals surface area (Å²) in [7, 11) is 0. The van der Waals surface area contributed by atoms with Crippen molar-refractivity contribution in [2.75, 3.05) is 18.6 Å². The van der Waals surface area contributed by atoms with Crippen LogP contribution in [0.5, 0.6) is 11.5 Å². The van der Waals surface area contributed by atoms with Crippen LogP contribution in [0.4, 0.5) is 5.82 Å². The Hall–Kier alpha value is -1.99. The van der Waals surface area contributed by atoms with Crippen LogP contribution in [-0.4, -0.2) is 23.2 Å². The highest BCUT2D eigenvalue weighted by atomic mass is 32.2. The lowest BCUT2D eigenvalue weighted by molar-refractivity contribution is 0.171. The molecule has 0 saturated heterocycles. The van der Waals surface area contributed by atoms with Crippen LogP contribution in [0.2, 0.25) is 0 Å². The van der Waals surface area contributed by atoms with Gasteiger partial charge in [0.25, 0.3) is 0 Å². The van der Waals surface area contributed by atoms with Crippen LogP contribution < -0.4 is 20.7 Å². The predicted octanol–water partition coefficient (Wildman–Crippen LogP) is 1.68. The van der Waals surface area contributed by atoms with Gasteiger partial charge in [-0.05, 0) is 18.2 Å². The molecule has 0 bridgehead atoms. The van der Waals surface area contributed by atoms with E-state index in [0.717, 1.165) is 21.4 Å². The monoisotopic (exact) mass is 276 g/mol. The SMILES string of the molecule is NNc1cncc(Sc2ccc3c(c2)OCCO3)n1. The Morgan fingerprint density at radius 2 is 2.00 bits per heavy atom. The van der Waals surface area contributed by atoms with Crippen molar-refractivity contribution in [3.63, 3.8) is 0 Å². The molecule has 0 unspecified atom stereocenters. The summed E-state index contributed by atoms with van der Waals surface area (Å²) in [5.41, 5.74) is 2.47. The van der Waals surface area contributed by atoms with Crippen molar-refractivity contribution < 1.29 is 9.47 Å². The van der Waals surface area contributed by atoms with Crippen molar-refractivity contribution in [1.29, 1.82) is 0 Å². The second-order valence-corrected chi connectivity index (χ2v) is 4.89. The van der Waals surface area contributed by atoms with E-state index in [-0.39, 0.29) is 0 Å². The molecule has 0 amide bonds. The molecule has 1 aliphatic rings. The van der Waals surface area contributed by atoms with Crippen molar-refractivity contribution in [3.05, 3.63) is 30.6 Å². The van der Waals surface area contributed by atoms with Gasteiger partial charge in [0.2, 0.25) is 0 Å². The number of hydrazine groups is 1. The zero-order valence-corrected chi connectivity index (χ0v) is 10.8. The van der Waals surface area contributed by atoms with Crippen molar-refractivity contribution >= 4 is 17.6 Å². The van der Waals surface area contributed by atoms with E-state index in [9.17, 15) is 0 Å². The molecule has 98 valence electrons. The predicted molar refractivity (Wildman–Crippen MR) is 71.4 cm³/mol. The van der Waals surface area contributed by atoms with Crippen molar-refractivity contribution in [1.82, 2.24) is 9.97 Å². The number of hydrogen-bond acceptors (Lipinski definition) is 7. The summed E-state index contributed by atoms with van der Waals surface area (Å²) in [6, 6.07) is 5.79. The van der Waals surface area contributed by atoms with Crippen molar-refractivity contribution in [3.8, 4) is 11.5 Å². The Bertz CT molecular complexity index is 594. The molecule has 0 radical (unpaired) electrons. The number of nitrogens with one attached hydrogen (secondary N) is 1. The van der Waals surface area contributed by atoms with Crippen molar-refractivity contribution in [2.24, 2.45) is 5.84 Å². The van der Waals surface area contributed by atoms with Gasteiger partial charge in [0.05, 0.1) is 12.4 Å². The summed E-state index contributed by atoms with van der Waals surface area (Å²) in [6.45, 7) is 1.17. The maximum absolute atomic E-state index is 5.54. The van der Waals surface area contributed by atoms with Gasteiger partial charge in [0.1, 0.15) is 18.2 Å². The smallest absolute Gasteiger partial charge is 0.162 e. The lowest BCUT2D eigenvalue weighted by Crippen LogP contribution is -2.15. The van der Waals surface area contributed by atoms with E-state index < -0.39 is 0 Å². The van der Waals surface area contributed by atoms with Crippen LogP contribution in [0.1, 0.15) is 0 Å². The van der Waals surface area contributed by atoms with Crippen LogP contribution in [0.3, 0.4) is 0 Å². The van der Waals surface area contributed by atoms with Crippen molar-refractivity contribution in [2.45, 2.75) is 9.92 Å². The van der Waals surface area contributed by atoms with Gasteiger partial charge in [-0.15, -0.1) is 0 Å². The fraction of sp³-hybridized carbons (Fsp3) is 0.167. The van der Waals surface area contributed by atoms with Crippen LogP contribution in [0.15, 0.2) is 40.5 Å². The molecule has 6 nitrogen and oxygen atoms in total. The Kier molecular flexibility index (Phi) is 3.39. The molecule has 0 fully saturated rings. The largest absolute Gasteiger partial charge is 0.486 e. The second kappa shape index (κ2) is 5.33. The van der Waals surface area contributed by atoms with Gasteiger partial charge < -0.3 is 14.9 Å². The lowest BCUT2D eigenvalue weighted by atomic mass is 10.3. The van der Waals surface area contributed by atoms with E-state index in [1.807, 2.05) is 18.2 Å². The highest BCUT2D eigenvalue weighted by molar-refractivity contribution is 7.99. The quantitative estimate of drug-likeness (QED) is 0.652. The molecule has 1 aromatic heterocycles. The average Bonchev–Trinajstić information content (AvgIpc) is 2.47. The van der Waals surface area contributed by atoms with Gasteiger partial charge in [0, 0.05) is 4.90 Å². The number of rotatable bonds is 3. The molecule has 0 saturated carbocycles. The number of nitrogens with zero attached hydrogens (tertiary/aromatic N) is 2. The first-order chi connectivity index (χ1) is 9.35. The van der Waals surface area contributed by atoms with Gasteiger partial charge in [-0.2, -0.15) is 0 Å². The minimum absolute atomic E-state index is 0.530. The number of aromatic nitrogens is 2. The summed E-state index contributed by atoms with van der Waals surface area (Å²) in [4.78, 5) is 9.36. The van der Waals surface area contributed by atoms with Gasteiger partial charge in [-0.3, -0.25) is 4.98 Å². The molecule has 3 rings (SSSR count). The van der Waals surface area contributed by atoms with Crippen LogP contribution in [0.25, 0.3) is 0 Å². The van der Waals surface area contributed by atoms with Crippen LogP contribution in [0, 0.1) is 0 Å². The lowest BCUT2D eigenvalue weighted by Gasteiger charge is -2.18. The second-order valence-electron chi connectivity index (χ2n) is 3.79. The molecule has 0 aliphatic carbocycles. The van der Waals surface area contributed by atoms with Gasteiger partial charge >= 0.3 is 0 Å². The van der Waals surface area contributed by atoms with Gasteiger partial charge in [0.15, 0.2) is 17.3 Å². The Morgan fingerprint density at radius 1 is 1.16 bits per heavy atom. The Morgan fingerprint density at radius 3 is 2.84 bits per heavy atom. The maximum Gasteiger partial charge on any atom is 0.162 e. The Labute approximate surface area is 114 Å². The molecule has 2 aromatic rings. The van der Waals surface area contributed by atoms with E-state index in [1.54, 1.807) is 12.4 Å². The molecule has 2 heterocycles. The number of nitrogens with two attached hydrogens (primary N) is 1. The zero-order chi connectivity index (χ0) is 13.1. The maximum atomic E-state index is 5.54. The summed E-state index contributed by atoms with van der Waals surface area (Å²) in [5, 5.41) is 0.757. The number of anilines is 1. The van der Waals surface area contributed by atoms with Gasteiger partial charge in [-0.25, -0.2) is 10.8 Å². The minimum Gasteiger partial charge on any atom is -0.486 e. The van der Waals surface area contributed by atoms with Crippen LogP contribution >= 0.6 is 11.8 Å². The van der Waals surface area contributed by atoms with E-state index in [0.29, 0.717) is 19.0 Å². The molecule has 1 aliphatic heterocycles. The zero-order valence-electron chi connectivity index (χ0n) is 10.00. The van der Waals surface area contributed by atoms with Gasteiger partial charge in [-0.1, -0.05) is 11.8 Å². The topological polar surface area (TPSA) is 82.3 Å². The highest BCUT2D eigenvalue weighted by Crippen LogP contribution is 2.36. The molecule has 19 heavy (non-hydrogen) atoms. The van der Waals surface area contributed by atoms with E-state index in [1.165, 1.54) is 11.8 Å². The highest BCUT2D eigenvalue weighted by Gasteiger charge is 2.12. The summed E-state index contributed by atoms with van der Waals surface area (Å²) in [5.74, 6) is 7.37. The summed E-state index contributed by atoms with van der Waals surface area (Å²) < 4.78 is 11.0. The number of ether oxygens (including phenoxy) is 2. The Balaban J connectivity index is 1.82. The fourth-order valence-corrected chi connectivity index (χ4v) is 2.48. The molecule has 3 N–H and O–H groups in total. The first-order valence-corrected chi connectivity index (χ1v) is 6.53. The number of hydrogen-bond donors (Lipinski definition) is 2. The third-order valence-corrected chi connectivity index (χ3v) is 3.39. The molecule has 1 aromatic carbocycles. The first kappa shape index (κ1) is 12.1. The number of nitrogen functional groups attached to an aromatic ring is 1. The minimum atomic E-state index is 0.530. The number of fused-ring (bicyclic) bond motifs is 1. The average molecular weight is 276 g/mol. The molecule has 7 heteroatoms. The normalized spacial score (nSPS) is 13.1. The molecule has 0 spiro atoms. The molecule has 0 atom stereocenters. The standard InChI is InChI=1S/C12H12N4O2S/c13-16-11-6-14-7-12(15-11)19-8-1-2-9-10(5-8)18-4-3-17-9/h1-2,5-7H,3-4,13H2,(H,15,16). The molecular weight excluding hydrogens is 264 g/mol. The molecular formula is C12H12N4O2S. The first-order valence-electron chi connectivity index (χ1n) is 5.71. The van der Waals surface area contributed by atoms with E-state index >= 15 is 0 Å². The third-order valence-electron chi connectivity index (χ3n) is 2.50. The summed E-state index contributed by atoms with van der Waals surface area (Å²) in [6.07, 6.45) is 3.25. The fourth-order valence-electron chi connectivity index (χ4n) is 1.67. The van der Waals surface area contributed by atoms with E-state index in [2.05, 4.69) is 15.4 Å². The van der Waals surface area contributed by atoms with Crippen LogP contribution in [-0.2, 0) is 0 Å². The third kappa shape index (κ3) is 2.72. The summed E-state index contributed by atoms with van der Waals surface area (Å²) >= 11 is 1.49.